The summed E-state index contributed by atoms with van der Waals surface area (Å²) in [5.74, 6) is 2.03. The summed E-state index contributed by atoms with van der Waals surface area (Å²) in [6, 6.07) is 16.1. The molecule has 2 aromatic carbocycles. The predicted molar refractivity (Wildman–Crippen MR) is 122 cm³/mol. The number of nitrogens with two attached hydrogens (primary N) is 1. The third kappa shape index (κ3) is 4.38. The summed E-state index contributed by atoms with van der Waals surface area (Å²) in [5, 5.41) is 3.19. The van der Waals surface area contributed by atoms with Crippen LogP contribution >= 0.6 is 11.8 Å². The van der Waals surface area contributed by atoms with Gasteiger partial charge in [0.1, 0.15) is 5.82 Å². The molecule has 7 nitrogen and oxygen atoms in total. The lowest BCUT2D eigenvalue weighted by atomic mass is 10.1. The summed E-state index contributed by atoms with van der Waals surface area (Å²) in [5.41, 5.74) is 10.1. The van der Waals surface area contributed by atoms with Crippen LogP contribution in [0.4, 0.5) is 23.3 Å². The second-order valence-electron chi connectivity index (χ2n) is 7.31. The molecule has 1 aliphatic heterocycles. The standard InChI is InChI=1S/C22H24N6OS/c1-14-7-3-5-9-17(14)24-22-26-19(25-21(23)27-22)12-30-13-20(29)28-15(2)11-16-8-4-6-10-18(16)28/h3-10,15H,11-13H2,1-2H3,(H3,23,24,25,26,27)/t15-/m0/s1. The van der Waals surface area contributed by atoms with Crippen LogP contribution in [0.25, 0.3) is 0 Å². The molecule has 0 spiro atoms. The van der Waals surface area contributed by atoms with Crippen molar-refractivity contribution in [3.8, 4) is 0 Å². The molecule has 30 heavy (non-hydrogen) atoms. The van der Waals surface area contributed by atoms with E-state index in [-0.39, 0.29) is 17.9 Å². The number of anilines is 4. The van der Waals surface area contributed by atoms with Crippen molar-refractivity contribution in [1.29, 1.82) is 0 Å². The molecule has 0 aliphatic carbocycles. The van der Waals surface area contributed by atoms with E-state index < -0.39 is 0 Å². The Hall–Kier alpha value is -3.13. The molecule has 0 radical (unpaired) electrons. The molecule has 8 heteroatoms. The third-order valence-electron chi connectivity index (χ3n) is 5.02. The number of amides is 1. The van der Waals surface area contributed by atoms with Gasteiger partial charge < -0.3 is 16.0 Å². The number of para-hydroxylation sites is 2. The minimum atomic E-state index is 0.0951. The van der Waals surface area contributed by atoms with Crippen LogP contribution in [0.2, 0.25) is 0 Å². The van der Waals surface area contributed by atoms with Crippen molar-refractivity contribution < 1.29 is 4.79 Å². The summed E-state index contributed by atoms with van der Waals surface area (Å²) >= 11 is 1.48. The van der Waals surface area contributed by atoms with Gasteiger partial charge in [-0.05, 0) is 43.5 Å². The Kier molecular flexibility index (Phi) is 5.85. The van der Waals surface area contributed by atoms with Gasteiger partial charge in [0, 0.05) is 17.4 Å². The number of nitrogen functional groups attached to an aromatic ring is 1. The fraction of sp³-hybridized carbons (Fsp3) is 0.273. The molecule has 0 saturated heterocycles. The number of fused-ring (bicyclic) bond motifs is 1. The minimum Gasteiger partial charge on any atom is -0.368 e. The van der Waals surface area contributed by atoms with Crippen LogP contribution < -0.4 is 16.0 Å². The zero-order chi connectivity index (χ0) is 21.1. The van der Waals surface area contributed by atoms with Crippen LogP contribution in [0, 0.1) is 6.92 Å². The predicted octanol–water partition coefficient (Wildman–Crippen LogP) is 3.72. The maximum Gasteiger partial charge on any atom is 0.237 e. The summed E-state index contributed by atoms with van der Waals surface area (Å²) in [4.78, 5) is 27.6. The van der Waals surface area contributed by atoms with Crippen LogP contribution in [-0.4, -0.2) is 32.7 Å². The van der Waals surface area contributed by atoms with Crippen LogP contribution in [0.1, 0.15) is 23.9 Å². The number of hydrogen-bond donors (Lipinski definition) is 2. The lowest BCUT2D eigenvalue weighted by Gasteiger charge is -2.22. The van der Waals surface area contributed by atoms with Gasteiger partial charge in [0.2, 0.25) is 17.8 Å². The fourth-order valence-electron chi connectivity index (χ4n) is 3.64. The van der Waals surface area contributed by atoms with Gasteiger partial charge in [0.05, 0.1) is 11.5 Å². The van der Waals surface area contributed by atoms with Gasteiger partial charge in [-0.1, -0.05) is 36.4 Å². The average Bonchev–Trinajstić information content (AvgIpc) is 3.05. The summed E-state index contributed by atoms with van der Waals surface area (Å²) < 4.78 is 0. The van der Waals surface area contributed by atoms with Crippen molar-refractivity contribution in [3.63, 3.8) is 0 Å². The fourth-order valence-corrected chi connectivity index (χ4v) is 4.36. The first-order valence-electron chi connectivity index (χ1n) is 9.82. The number of hydrogen-bond acceptors (Lipinski definition) is 7. The van der Waals surface area contributed by atoms with Gasteiger partial charge >= 0.3 is 0 Å². The summed E-state index contributed by atoms with van der Waals surface area (Å²) in [6.45, 7) is 4.09. The first-order valence-corrected chi connectivity index (χ1v) is 11.0. The SMILES string of the molecule is Cc1ccccc1Nc1nc(N)nc(CSCC(=O)N2c3ccccc3C[C@@H]2C)n1. The van der Waals surface area contributed by atoms with E-state index in [1.54, 1.807) is 0 Å². The zero-order valence-electron chi connectivity index (χ0n) is 17.0. The molecule has 0 unspecified atom stereocenters. The normalized spacial score (nSPS) is 15.1. The van der Waals surface area contributed by atoms with Crippen molar-refractivity contribution in [2.24, 2.45) is 0 Å². The van der Waals surface area contributed by atoms with E-state index in [0.29, 0.717) is 23.3 Å². The van der Waals surface area contributed by atoms with Crippen molar-refractivity contribution in [2.45, 2.75) is 32.1 Å². The topological polar surface area (TPSA) is 97.0 Å². The minimum absolute atomic E-state index is 0.0951. The molecule has 4 rings (SSSR count). The second kappa shape index (κ2) is 8.71. The number of nitrogens with zero attached hydrogens (tertiary/aromatic N) is 4. The first-order chi connectivity index (χ1) is 14.5. The highest BCUT2D eigenvalue weighted by Gasteiger charge is 2.30. The maximum atomic E-state index is 12.8. The highest BCUT2D eigenvalue weighted by Crippen LogP contribution is 2.32. The lowest BCUT2D eigenvalue weighted by molar-refractivity contribution is -0.116. The molecule has 154 valence electrons. The quantitative estimate of drug-likeness (QED) is 0.627. The third-order valence-corrected chi connectivity index (χ3v) is 5.94. The highest BCUT2D eigenvalue weighted by atomic mass is 32.2. The number of nitrogens with one attached hydrogen (secondary N) is 1. The van der Waals surface area contributed by atoms with Gasteiger partial charge in [-0.3, -0.25) is 4.79 Å². The van der Waals surface area contributed by atoms with E-state index in [0.717, 1.165) is 23.4 Å². The molecule has 3 aromatic rings. The number of aromatic nitrogens is 3. The van der Waals surface area contributed by atoms with Crippen molar-refractivity contribution in [1.82, 2.24) is 15.0 Å². The molecule has 3 N–H and O–H groups in total. The number of thioether (sulfide) groups is 1. The van der Waals surface area contributed by atoms with Crippen molar-refractivity contribution in [3.05, 3.63) is 65.5 Å². The molecule has 1 amide bonds. The van der Waals surface area contributed by atoms with Crippen molar-refractivity contribution >= 4 is 40.9 Å². The molecule has 0 saturated carbocycles. The number of carbonyl (C=O) groups is 1. The first kappa shape index (κ1) is 20.2. The van der Waals surface area contributed by atoms with Gasteiger partial charge in [-0.2, -0.15) is 15.0 Å². The average molecular weight is 421 g/mol. The molecule has 2 heterocycles. The van der Waals surface area contributed by atoms with Crippen LogP contribution in [-0.2, 0) is 17.0 Å². The van der Waals surface area contributed by atoms with Gasteiger partial charge in [0.15, 0.2) is 0 Å². The van der Waals surface area contributed by atoms with Crippen LogP contribution in [0.3, 0.4) is 0 Å². The monoisotopic (exact) mass is 420 g/mol. The molecule has 0 fully saturated rings. The molecule has 0 bridgehead atoms. The van der Waals surface area contributed by atoms with Crippen LogP contribution in [0.5, 0.6) is 0 Å². The maximum absolute atomic E-state index is 12.8. The largest absolute Gasteiger partial charge is 0.368 e. The van der Waals surface area contributed by atoms with E-state index in [2.05, 4.69) is 33.3 Å². The number of rotatable bonds is 6. The Bertz CT molecular complexity index is 1070. The number of benzene rings is 2. The lowest BCUT2D eigenvalue weighted by Crippen LogP contribution is -2.37. The van der Waals surface area contributed by atoms with Gasteiger partial charge in [0.25, 0.3) is 0 Å². The molecule has 1 atom stereocenters. The van der Waals surface area contributed by atoms with E-state index in [4.69, 9.17) is 5.73 Å². The van der Waals surface area contributed by atoms with E-state index in [1.165, 1.54) is 17.3 Å². The zero-order valence-corrected chi connectivity index (χ0v) is 17.8. The smallest absolute Gasteiger partial charge is 0.237 e. The highest BCUT2D eigenvalue weighted by molar-refractivity contribution is 7.99. The van der Waals surface area contributed by atoms with E-state index in [1.807, 2.05) is 54.3 Å². The Labute approximate surface area is 180 Å². The molecular formula is C22H24N6OS. The van der Waals surface area contributed by atoms with Gasteiger partial charge in [-0.25, -0.2) is 0 Å². The van der Waals surface area contributed by atoms with E-state index in [9.17, 15) is 4.79 Å². The molecule has 1 aromatic heterocycles. The summed E-state index contributed by atoms with van der Waals surface area (Å²) in [7, 11) is 0. The summed E-state index contributed by atoms with van der Waals surface area (Å²) in [6.07, 6.45) is 0.893. The second-order valence-corrected chi connectivity index (χ2v) is 8.30. The molecule has 1 aliphatic rings. The number of aryl methyl sites for hydroxylation is 1. The molecular weight excluding hydrogens is 396 g/mol. The van der Waals surface area contributed by atoms with Crippen molar-refractivity contribution in [2.75, 3.05) is 21.7 Å². The Morgan fingerprint density at radius 3 is 2.77 bits per heavy atom. The number of carbonyl (C=O) groups excluding carboxylic acids is 1. The Morgan fingerprint density at radius 2 is 1.93 bits per heavy atom. The Morgan fingerprint density at radius 1 is 1.17 bits per heavy atom. The Balaban J connectivity index is 1.39. The van der Waals surface area contributed by atoms with E-state index >= 15 is 0 Å². The van der Waals surface area contributed by atoms with Gasteiger partial charge in [-0.15, -0.1) is 11.8 Å². The van der Waals surface area contributed by atoms with Crippen LogP contribution in [0.15, 0.2) is 48.5 Å².